The monoisotopic (exact) mass is 929 g/mol. The van der Waals surface area contributed by atoms with Crippen LogP contribution < -0.4 is 16.0 Å². The van der Waals surface area contributed by atoms with Crippen molar-refractivity contribution in [1.82, 2.24) is 30.8 Å². The smallest absolute Gasteiger partial charge is 0.475 e. The quantitative estimate of drug-likeness (QED) is 0.133. The molecule has 0 aliphatic carbocycles. The number of likely N-dealkylation sites (tertiary alicyclic amines) is 1. The SMILES string of the molecule is CC[C@H](C)[C@@H]([C@@H](CC(=O)N1CCC[C@H]1[C@H](OC)[C@@H](C)C(=O)N[C@H](C(=O)N1CCCCO1)[C@@H](C)c1ccccc1)OC)N(C)C(=O)[C@@H](NC(=O)[C@@H](NC)C(C)C)C(C)C.O=C(O)C(F)(F)F. The molecule has 1 aromatic carbocycles. The number of amides is 5. The highest BCUT2D eigenvalue weighted by atomic mass is 19.4. The van der Waals surface area contributed by atoms with Gasteiger partial charge in [-0.05, 0) is 56.0 Å². The molecular weight excluding hydrogens is 854 g/mol. The van der Waals surface area contributed by atoms with E-state index in [0.717, 1.165) is 31.2 Å². The second kappa shape index (κ2) is 26.7. The second-order valence-electron chi connectivity index (χ2n) is 17.8. The molecule has 5 amide bonds. The number of nitrogens with zero attached hydrogens (tertiary/aromatic N) is 3. The lowest BCUT2D eigenvalue weighted by atomic mass is 9.89. The first-order valence-electron chi connectivity index (χ1n) is 22.7. The normalized spacial score (nSPS) is 19.7. The highest BCUT2D eigenvalue weighted by Gasteiger charge is 2.44. The molecule has 2 aliphatic heterocycles. The van der Waals surface area contributed by atoms with E-state index in [1.165, 1.54) is 5.06 Å². The zero-order valence-electron chi connectivity index (χ0n) is 40.3. The molecular formula is C46H75F3N6O10. The molecule has 0 bridgehead atoms. The Morgan fingerprint density at radius 1 is 0.862 bits per heavy atom. The molecule has 3 rings (SSSR count). The molecule has 2 aliphatic rings. The minimum Gasteiger partial charge on any atom is -0.475 e. The summed E-state index contributed by atoms with van der Waals surface area (Å²) in [5.41, 5.74) is 0.912. The third-order valence-electron chi connectivity index (χ3n) is 12.6. The van der Waals surface area contributed by atoms with Crippen molar-refractivity contribution in [3.63, 3.8) is 0 Å². The van der Waals surface area contributed by atoms with Gasteiger partial charge >= 0.3 is 12.1 Å². The van der Waals surface area contributed by atoms with Crippen molar-refractivity contribution in [3.05, 3.63) is 35.9 Å². The number of carboxylic acids is 1. The maximum Gasteiger partial charge on any atom is 0.490 e. The van der Waals surface area contributed by atoms with Gasteiger partial charge in [0.2, 0.25) is 23.6 Å². The zero-order valence-corrected chi connectivity index (χ0v) is 40.3. The lowest BCUT2D eigenvalue weighted by molar-refractivity contribution is -0.200. The van der Waals surface area contributed by atoms with Crippen LogP contribution in [-0.4, -0.2) is 152 Å². The van der Waals surface area contributed by atoms with Gasteiger partial charge in [0, 0.05) is 40.3 Å². The molecule has 370 valence electrons. The van der Waals surface area contributed by atoms with Crippen LogP contribution in [0.3, 0.4) is 0 Å². The summed E-state index contributed by atoms with van der Waals surface area (Å²) in [5.74, 6) is -5.30. The molecule has 2 heterocycles. The first kappa shape index (κ1) is 56.8. The number of carboxylic acid groups (broad SMARTS) is 1. The summed E-state index contributed by atoms with van der Waals surface area (Å²) in [6.07, 6.45) is -2.60. The molecule has 16 nitrogen and oxygen atoms in total. The number of benzene rings is 1. The van der Waals surface area contributed by atoms with Crippen LogP contribution in [0.15, 0.2) is 30.3 Å². The van der Waals surface area contributed by atoms with Crippen LogP contribution in [0, 0.1) is 23.7 Å². The van der Waals surface area contributed by atoms with Crippen molar-refractivity contribution in [2.75, 3.05) is 48.0 Å². The minimum absolute atomic E-state index is 0.00548. The standard InChI is InChI=1S/C44H74N6O8.C2HF3O2/c1-13-29(6)39(48(10)43(54)37(28(4)5)46-42(53)36(45-9)27(2)3)34(56-11)26-35(51)49-23-19-22-33(49)40(57-12)31(8)41(52)47-38(30(7)32-20-15-14-16-21-32)44(55)50-24-17-18-25-58-50;3-2(4,5)1(6)7/h14-16,20-21,27-31,33-34,36-40,45H,13,17-19,22-26H2,1-12H3,(H,46,53)(H,47,52);(H,6,7)/t29-,30-,31+,33-,34+,36-,37-,38-,39-,40+;/m0./s1. The van der Waals surface area contributed by atoms with Crippen molar-refractivity contribution in [1.29, 1.82) is 0 Å². The van der Waals surface area contributed by atoms with Crippen LogP contribution in [0.5, 0.6) is 0 Å². The van der Waals surface area contributed by atoms with Gasteiger partial charge in [0.15, 0.2) is 0 Å². The van der Waals surface area contributed by atoms with Gasteiger partial charge in [-0.3, -0.25) is 28.8 Å². The van der Waals surface area contributed by atoms with Gasteiger partial charge in [-0.1, -0.05) is 92.1 Å². The van der Waals surface area contributed by atoms with E-state index in [1.807, 2.05) is 78.8 Å². The van der Waals surface area contributed by atoms with Crippen molar-refractivity contribution < 1.29 is 61.4 Å². The number of rotatable bonds is 21. The average molecular weight is 929 g/mol. The van der Waals surface area contributed by atoms with Crippen LogP contribution >= 0.6 is 0 Å². The molecule has 65 heavy (non-hydrogen) atoms. The van der Waals surface area contributed by atoms with E-state index in [2.05, 4.69) is 16.0 Å². The first-order valence-corrected chi connectivity index (χ1v) is 22.7. The Morgan fingerprint density at radius 3 is 1.92 bits per heavy atom. The summed E-state index contributed by atoms with van der Waals surface area (Å²) < 4.78 is 43.8. The summed E-state index contributed by atoms with van der Waals surface area (Å²) in [7, 11) is 6.56. The van der Waals surface area contributed by atoms with Crippen molar-refractivity contribution >= 4 is 35.5 Å². The topological polar surface area (TPSA) is 196 Å². The summed E-state index contributed by atoms with van der Waals surface area (Å²) in [6.45, 7) is 16.9. The van der Waals surface area contributed by atoms with Crippen LogP contribution in [-0.2, 0) is 43.1 Å². The van der Waals surface area contributed by atoms with E-state index in [-0.39, 0.29) is 59.6 Å². The van der Waals surface area contributed by atoms with Crippen LogP contribution in [0.25, 0.3) is 0 Å². The van der Waals surface area contributed by atoms with Gasteiger partial charge in [0.25, 0.3) is 5.91 Å². The molecule has 2 fully saturated rings. The highest BCUT2D eigenvalue weighted by Crippen LogP contribution is 2.31. The van der Waals surface area contributed by atoms with Gasteiger partial charge in [0.05, 0.1) is 49.3 Å². The summed E-state index contributed by atoms with van der Waals surface area (Å²) in [4.78, 5) is 87.9. The molecule has 10 atom stereocenters. The van der Waals surface area contributed by atoms with Gasteiger partial charge < -0.3 is 40.3 Å². The lowest BCUT2D eigenvalue weighted by Crippen LogP contribution is -2.59. The van der Waals surface area contributed by atoms with Crippen molar-refractivity contribution in [2.45, 2.75) is 148 Å². The number of hydrogen-bond donors (Lipinski definition) is 4. The predicted molar refractivity (Wildman–Crippen MR) is 238 cm³/mol. The minimum atomic E-state index is -5.08. The average Bonchev–Trinajstić information content (AvgIpc) is 3.76. The Kier molecular flexibility index (Phi) is 23.4. The molecule has 0 radical (unpaired) electrons. The molecule has 0 saturated carbocycles. The summed E-state index contributed by atoms with van der Waals surface area (Å²) >= 11 is 0. The Bertz CT molecular complexity index is 1680. The van der Waals surface area contributed by atoms with Crippen LogP contribution in [0.4, 0.5) is 13.2 Å². The number of methoxy groups -OCH3 is 2. The van der Waals surface area contributed by atoms with Crippen LogP contribution in [0.1, 0.15) is 105 Å². The van der Waals surface area contributed by atoms with Crippen molar-refractivity contribution in [2.24, 2.45) is 23.7 Å². The van der Waals surface area contributed by atoms with Crippen LogP contribution in [0.2, 0.25) is 0 Å². The number of halogens is 3. The van der Waals surface area contributed by atoms with E-state index in [0.29, 0.717) is 26.1 Å². The predicted octanol–water partition coefficient (Wildman–Crippen LogP) is 4.77. The maximum absolute atomic E-state index is 14.4. The van der Waals surface area contributed by atoms with Gasteiger partial charge in [-0.15, -0.1) is 0 Å². The number of carbonyl (C=O) groups is 6. The largest absolute Gasteiger partial charge is 0.490 e. The number of alkyl halides is 3. The Morgan fingerprint density at radius 2 is 1.45 bits per heavy atom. The molecule has 0 spiro atoms. The van der Waals surface area contributed by atoms with E-state index in [4.69, 9.17) is 24.2 Å². The third-order valence-corrected chi connectivity index (χ3v) is 12.6. The van der Waals surface area contributed by atoms with E-state index in [9.17, 15) is 37.1 Å². The number of hydroxylamine groups is 2. The second-order valence-corrected chi connectivity index (χ2v) is 17.8. The Labute approximate surface area is 383 Å². The van der Waals surface area contributed by atoms with Crippen molar-refractivity contribution in [3.8, 4) is 0 Å². The Hall–Kier alpha value is -4.33. The number of hydrogen-bond acceptors (Lipinski definition) is 10. The van der Waals surface area contributed by atoms with E-state index >= 15 is 0 Å². The molecule has 2 saturated heterocycles. The zero-order chi connectivity index (χ0) is 49.3. The molecule has 0 unspecified atom stereocenters. The number of nitrogens with one attached hydrogen (secondary N) is 3. The number of aliphatic carboxylic acids is 1. The van der Waals surface area contributed by atoms with E-state index < -0.39 is 60.5 Å². The molecule has 4 N–H and O–H groups in total. The Balaban J connectivity index is 0.00000191. The summed E-state index contributed by atoms with van der Waals surface area (Å²) in [5, 5.41) is 17.6. The first-order chi connectivity index (χ1) is 30.5. The number of carbonyl (C=O) groups excluding carboxylic acids is 5. The maximum atomic E-state index is 14.4. The highest BCUT2D eigenvalue weighted by molar-refractivity contribution is 5.91. The van der Waals surface area contributed by atoms with Gasteiger partial charge in [-0.2, -0.15) is 13.2 Å². The fourth-order valence-electron chi connectivity index (χ4n) is 8.61. The molecule has 1 aromatic rings. The third kappa shape index (κ3) is 15.9. The molecule has 19 heteroatoms. The van der Waals surface area contributed by atoms with E-state index in [1.54, 1.807) is 45.0 Å². The fourth-order valence-corrected chi connectivity index (χ4v) is 8.61. The number of ether oxygens (including phenoxy) is 2. The molecule has 0 aromatic heterocycles. The van der Waals surface area contributed by atoms with Gasteiger partial charge in [-0.25, -0.2) is 9.86 Å². The summed E-state index contributed by atoms with van der Waals surface area (Å²) in [6, 6.07) is 6.64. The van der Waals surface area contributed by atoms with Gasteiger partial charge in [0.1, 0.15) is 12.1 Å². The fraction of sp³-hybridized carbons (Fsp3) is 0.739. The lowest BCUT2D eigenvalue weighted by Gasteiger charge is -2.41. The number of likely N-dealkylation sites (N-methyl/N-ethyl adjacent to an activating group) is 2.